The van der Waals surface area contributed by atoms with Crippen LogP contribution in [-0.2, 0) is 28.4 Å². The minimum absolute atomic E-state index is 0.577. The average Bonchev–Trinajstić information content (AvgIpc) is 2.71. The molecule has 7 nitrogen and oxygen atoms in total. The van der Waals surface area contributed by atoms with Gasteiger partial charge < -0.3 is 33.3 Å². The smallest absolute Gasteiger partial charge is 0.0701 e. The number of hydrogen-bond donors (Lipinski definition) is 0. The van der Waals surface area contributed by atoms with E-state index in [2.05, 4.69) is 33.0 Å². The summed E-state index contributed by atoms with van der Waals surface area (Å²) in [4.78, 5) is 2.25. The molecule has 1 aromatic rings. The highest BCUT2D eigenvalue weighted by Crippen LogP contribution is 2.18. The van der Waals surface area contributed by atoms with Crippen LogP contribution in [0.15, 0.2) is 28.7 Å². The number of ether oxygens (including phenoxy) is 6. The highest BCUT2D eigenvalue weighted by Gasteiger charge is 2.07. The number of methoxy groups -OCH3 is 2. The Morgan fingerprint density at radius 1 is 0.607 bits per heavy atom. The van der Waals surface area contributed by atoms with Crippen LogP contribution in [0.25, 0.3) is 0 Å². The van der Waals surface area contributed by atoms with Crippen molar-refractivity contribution in [2.45, 2.75) is 0 Å². The molecule has 0 unspecified atom stereocenters. The summed E-state index contributed by atoms with van der Waals surface area (Å²) in [6.45, 7) is 7.54. The van der Waals surface area contributed by atoms with Crippen molar-refractivity contribution in [1.29, 1.82) is 0 Å². The average molecular weight is 464 g/mol. The standard InChI is InChI=1S/C20H34BrNO6/c1-23-11-13-27-17-15-25-9-7-22(20-5-3-19(21)4-6-20)8-10-26-16-18-28-14-12-24-2/h3-6H,7-18H2,1-2H3. The quantitative estimate of drug-likeness (QED) is 0.292. The van der Waals surface area contributed by atoms with Gasteiger partial charge in [-0.15, -0.1) is 0 Å². The fraction of sp³-hybridized carbons (Fsp3) is 0.700. The zero-order valence-corrected chi connectivity index (χ0v) is 18.7. The molecule has 1 rings (SSSR count). The van der Waals surface area contributed by atoms with E-state index in [0.717, 1.165) is 23.2 Å². The molecule has 0 radical (unpaired) electrons. The molecule has 0 bridgehead atoms. The van der Waals surface area contributed by atoms with Crippen LogP contribution in [0.4, 0.5) is 5.69 Å². The molecule has 0 amide bonds. The summed E-state index contributed by atoms with van der Waals surface area (Å²) in [6, 6.07) is 8.26. The maximum Gasteiger partial charge on any atom is 0.0701 e. The first-order valence-electron chi connectivity index (χ1n) is 9.57. The molecule has 0 aliphatic rings. The van der Waals surface area contributed by atoms with Crippen molar-refractivity contribution in [3.63, 3.8) is 0 Å². The second kappa shape index (κ2) is 18.3. The number of benzene rings is 1. The Kier molecular flexibility index (Phi) is 16.5. The van der Waals surface area contributed by atoms with Gasteiger partial charge in [0.05, 0.1) is 66.1 Å². The molecule has 0 atom stereocenters. The van der Waals surface area contributed by atoms with Gasteiger partial charge in [0.2, 0.25) is 0 Å². The molecule has 0 spiro atoms. The lowest BCUT2D eigenvalue weighted by atomic mass is 10.3. The largest absolute Gasteiger partial charge is 0.382 e. The number of halogens is 1. The van der Waals surface area contributed by atoms with Crippen molar-refractivity contribution in [1.82, 2.24) is 0 Å². The number of hydrogen-bond acceptors (Lipinski definition) is 7. The summed E-state index contributed by atoms with van der Waals surface area (Å²) in [7, 11) is 3.32. The Hall–Kier alpha value is -0.740. The van der Waals surface area contributed by atoms with E-state index in [1.165, 1.54) is 0 Å². The fourth-order valence-corrected chi connectivity index (χ4v) is 2.56. The normalized spacial score (nSPS) is 11.1. The van der Waals surface area contributed by atoms with Gasteiger partial charge in [0.1, 0.15) is 0 Å². The van der Waals surface area contributed by atoms with Gasteiger partial charge in [-0.05, 0) is 24.3 Å². The summed E-state index contributed by atoms with van der Waals surface area (Å²) >= 11 is 3.48. The van der Waals surface area contributed by atoms with Gasteiger partial charge in [-0.25, -0.2) is 0 Å². The summed E-state index contributed by atoms with van der Waals surface area (Å²) < 4.78 is 33.1. The number of rotatable bonds is 19. The van der Waals surface area contributed by atoms with E-state index >= 15 is 0 Å². The summed E-state index contributed by atoms with van der Waals surface area (Å²) in [5.74, 6) is 0. The van der Waals surface area contributed by atoms with Crippen LogP contribution in [0, 0.1) is 0 Å². The first-order chi connectivity index (χ1) is 13.8. The molecule has 0 saturated heterocycles. The van der Waals surface area contributed by atoms with Crippen molar-refractivity contribution in [2.75, 3.05) is 98.3 Å². The van der Waals surface area contributed by atoms with Gasteiger partial charge >= 0.3 is 0 Å². The van der Waals surface area contributed by atoms with Crippen molar-refractivity contribution >= 4 is 21.6 Å². The topological polar surface area (TPSA) is 58.6 Å². The van der Waals surface area contributed by atoms with Crippen molar-refractivity contribution in [2.24, 2.45) is 0 Å². The summed E-state index contributed by atoms with van der Waals surface area (Å²) in [6.07, 6.45) is 0. The first kappa shape index (κ1) is 25.3. The third kappa shape index (κ3) is 13.4. The van der Waals surface area contributed by atoms with Crippen LogP contribution >= 0.6 is 15.9 Å². The molecule has 0 fully saturated rings. The zero-order chi connectivity index (χ0) is 20.3. The minimum Gasteiger partial charge on any atom is -0.382 e. The van der Waals surface area contributed by atoms with Gasteiger partial charge in [0.15, 0.2) is 0 Å². The third-order valence-corrected chi connectivity index (χ3v) is 4.34. The molecule has 0 aromatic heterocycles. The lowest BCUT2D eigenvalue weighted by Gasteiger charge is -2.25. The molecule has 162 valence electrons. The molecule has 0 saturated carbocycles. The van der Waals surface area contributed by atoms with Crippen LogP contribution in [0.5, 0.6) is 0 Å². The Morgan fingerprint density at radius 2 is 1.00 bits per heavy atom. The molecule has 0 aliphatic carbocycles. The minimum atomic E-state index is 0.577. The van der Waals surface area contributed by atoms with Gasteiger partial charge in [0, 0.05) is 37.5 Å². The molecule has 0 N–H and O–H groups in total. The van der Waals surface area contributed by atoms with E-state index in [1.807, 2.05) is 12.1 Å². The molecular weight excluding hydrogens is 430 g/mol. The van der Waals surface area contributed by atoms with Crippen molar-refractivity contribution < 1.29 is 28.4 Å². The summed E-state index contributed by atoms with van der Waals surface area (Å²) in [5, 5.41) is 0. The first-order valence-corrected chi connectivity index (χ1v) is 10.4. The Bertz CT molecular complexity index is 443. The Labute approximate surface area is 177 Å². The van der Waals surface area contributed by atoms with Crippen LogP contribution in [-0.4, -0.2) is 93.4 Å². The number of anilines is 1. The molecule has 28 heavy (non-hydrogen) atoms. The van der Waals surface area contributed by atoms with Crippen molar-refractivity contribution in [3.8, 4) is 0 Å². The van der Waals surface area contributed by atoms with Crippen LogP contribution in [0.3, 0.4) is 0 Å². The molecule has 1 aromatic carbocycles. The van der Waals surface area contributed by atoms with Gasteiger partial charge in [-0.3, -0.25) is 0 Å². The van der Waals surface area contributed by atoms with E-state index in [4.69, 9.17) is 28.4 Å². The summed E-state index contributed by atoms with van der Waals surface area (Å²) in [5.41, 5.74) is 1.14. The van der Waals surface area contributed by atoms with Crippen LogP contribution in [0.2, 0.25) is 0 Å². The van der Waals surface area contributed by atoms with Gasteiger partial charge in [-0.1, -0.05) is 15.9 Å². The number of nitrogens with zero attached hydrogens (tertiary/aromatic N) is 1. The second-order valence-electron chi connectivity index (χ2n) is 5.90. The fourth-order valence-electron chi connectivity index (χ4n) is 2.30. The molecule has 8 heteroatoms. The van der Waals surface area contributed by atoms with Gasteiger partial charge in [0.25, 0.3) is 0 Å². The Morgan fingerprint density at radius 3 is 1.43 bits per heavy atom. The highest BCUT2D eigenvalue weighted by atomic mass is 79.9. The van der Waals surface area contributed by atoms with Gasteiger partial charge in [-0.2, -0.15) is 0 Å². The Balaban J connectivity index is 2.24. The SMILES string of the molecule is COCCOCCOCCN(CCOCCOCCOC)c1ccc(Br)cc1. The van der Waals surface area contributed by atoms with E-state index in [-0.39, 0.29) is 0 Å². The van der Waals surface area contributed by atoms with Crippen molar-refractivity contribution in [3.05, 3.63) is 28.7 Å². The predicted molar refractivity (Wildman–Crippen MR) is 113 cm³/mol. The van der Waals surface area contributed by atoms with E-state index in [9.17, 15) is 0 Å². The van der Waals surface area contributed by atoms with E-state index < -0.39 is 0 Å². The molecular formula is C20H34BrNO6. The van der Waals surface area contributed by atoms with E-state index in [0.29, 0.717) is 66.1 Å². The van der Waals surface area contributed by atoms with Crippen LogP contribution < -0.4 is 4.90 Å². The predicted octanol–water partition coefficient (Wildman–Crippen LogP) is 2.61. The lowest BCUT2D eigenvalue weighted by Crippen LogP contribution is -2.31. The molecule has 0 heterocycles. The second-order valence-corrected chi connectivity index (χ2v) is 6.81. The molecule has 0 aliphatic heterocycles. The maximum atomic E-state index is 5.68. The highest BCUT2D eigenvalue weighted by molar-refractivity contribution is 9.10. The monoisotopic (exact) mass is 463 g/mol. The van der Waals surface area contributed by atoms with E-state index in [1.54, 1.807) is 14.2 Å². The van der Waals surface area contributed by atoms with Crippen LogP contribution in [0.1, 0.15) is 0 Å². The zero-order valence-electron chi connectivity index (χ0n) is 17.1. The lowest BCUT2D eigenvalue weighted by molar-refractivity contribution is 0.0235. The maximum absolute atomic E-state index is 5.68. The third-order valence-electron chi connectivity index (χ3n) is 3.81.